The van der Waals surface area contributed by atoms with Gasteiger partial charge in [0.2, 0.25) is 5.91 Å². The molecule has 0 radical (unpaired) electrons. The summed E-state index contributed by atoms with van der Waals surface area (Å²) in [6.45, 7) is 1.90. The number of nitrogens with one attached hydrogen (secondary N) is 1. The summed E-state index contributed by atoms with van der Waals surface area (Å²) >= 11 is 5.85. The Labute approximate surface area is 117 Å². The zero-order chi connectivity index (χ0) is 13.8. The first kappa shape index (κ1) is 14.0. The van der Waals surface area contributed by atoms with E-state index in [2.05, 4.69) is 10.5 Å². The second kappa shape index (κ2) is 6.17. The molecule has 0 fully saturated rings. The highest BCUT2D eigenvalue weighted by atomic mass is 35.5. The van der Waals surface area contributed by atoms with Crippen LogP contribution in [0.3, 0.4) is 0 Å². The van der Waals surface area contributed by atoms with Gasteiger partial charge < -0.3 is 5.11 Å². The Hall–Kier alpha value is -1.39. The van der Waals surface area contributed by atoms with Gasteiger partial charge in [0.15, 0.2) is 0 Å². The number of halogens is 1. The maximum atomic E-state index is 11.7. The Morgan fingerprint density at radius 3 is 2.79 bits per heavy atom. The summed E-state index contributed by atoms with van der Waals surface area (Å²) in [5.74, 6) is -0.344. The lowest BCUT2D eigenvalue weighted by atomic mass is 9.90. The summed E-state index contributed by atoms with van der Waals surface area (Å²) in [4.78, 5) is 11.7. The highest BCUT2D eigenvalue weighted by molar-refractivity contribution is 6.30. The predicted octanol–water partition coefficient (Wildman–Crippen LogP) is 2.34. The first-order chi connectivity index (χ1) is 9.10. The van der Waals surface area contributed by atoms with E-state index in [1.165, 1.54) is 0 Å². The van der Waals surface area contributed by atoms with Gasteiger partial charge in [0.1, 0.15) is 0 Å². The summed E-state index contributed by atoms with van der Waals surface area (Å²) < 4.78 is 0. The van der Waals surface area contributed by atoms with Crippen LogP contribution in [0.25, 0.3) is 0 Å². The molecule has 19 heavy (non-hydrogen) atoms. The molecular formula is C14H17ClN2O2. The number of carbonyl (C=O) groups is 1. The Balaban J connectivity index is 2.11. The largest absolute Gasteiger partial charge is 0.393 e. The molecular weight excluding hydrogens is 264 g/mol. The van der Waals surface area contributed by atoms with Crippen LogP contribution in [0.5, 0.6) is 0 Å². The third-order valence-corrected chi connectivity index (χ3v) is 3.57. The Morgan fingerprint density at radius 1 is 1.47 bits per heavy atom. The van der Waals surface area contributed by atoms with E-state index in [4.69, 9.17) is 11.6 Å². The summed E-state index contributed by atoms with van der Waals surface area (Å²) in [5.41, 5.74) is 4.30. The molecule has 0 aliphatic carbocycles. The van der Waals surface area contributed by atoms with Gasteiger partial charge in [-0.05, 0) is 30.5 Å². The molecule has 1 heterocycles. The van der Waals surface area contributed by atoms with Crippen LogP contribution in [-0.4, -0.2) is 22.8 Å². The van der Waals surface area contributed by atoms with Crippen LogP contribution in [0.2, 0.25) is 5.02 Å². The van der Waals surface area contributed by atoms with E-state index in [1.54, 1.807) is 12.1 Å². The monoisotopic (exact) mass is 280 g/mol. The number of aliphatic hydroxyl groups is 1. The number of amides is 1. The molecule has 0 saturated heterocycles. The van der Waals surface area contributed by atoms with Crippen molar-refractivity contribution >= 4 is 23.2 Å². The van der Waals surface area contributed by atoms with Crippen molar-refractivity contribution in [3.8, 4) is 0 Å². The molecule has 102 valence electrons. The van der Waals surface area contributed by atoms with Crippen LogP contribution in [0.4, 0.5) is 0 Å². The van der Waals surface area contributed by atoms with Crippen molar-refractivity contribution in [3.05, 3.63) is 34.9 Å². The van der Waals surface area contributed by atoms with Crippen LogP contribution < -0.4 is 5.43 Å². The van der Waals surface area contributed by atoms with Crippen molar-refractivity contribution in [2.45, 2.75) is 32.3 Å². The predicted molar refractivity (Wildman–Crippen MR) is 75.2 cm³/mol. The van der Waals surface area contributed by atoms with Gasteiger partial charge in [0.25, 0.3) is 0 Å². The minimum Gasteiger partial charge on any atom is -0.393 e. The highest BCUT2D eigenvalue weighted by Gasteiger charge is 2.27. The van der Waals surface area contributed by atoms with Crippen molar-refractivity contribution < 1.29 is 9.90 Å². The number of hydrogen-bond acceptors (Lipinski definition) is 3. The lowest BCUT2D eigenvalue weighted by Gasteiger charge is -2.23. The number of rotatable bonds is 4. The summed E-state index contributed by atoms with van der Waals surface area (Å²) in [7, 11) is 0. The molecule has 0 aromatic heterocycles. The van der Waals surface area contributed by atoms with Crippen LogP contribution >= 0.6 is 11.6 Å². The van der Waals surface area contributed by atoms with Crippen LogP contribution in [0.1, 0.15) is 31.7 Å². The van der Waals surface area contributed by atoms with Gasteiger partial charge in [0.05, 0.1) is 11.8 Å². The molecule has 2 unspecified atom stereocenters. The highest BCUT2D eigenvalue weighted by Crippen LogP contribution is 2.21. The fourth-order valence-corrected chi connectivity index (χ4v) is 2.22. The van der Waals surface area contributed by atoms with Gasteiger partial charge in [-0.15, -0.1) is 0 Å². The van der Waals surface area contributed by atoms with E-state index in [0.717, 1.165) is 11.3 Å². The fourth-order valence-electron chi connectivity index (χ4n) is 2.10. The second-order valence-corrected chi connectivity index (χ2v) is 5.18. The lowest BCUT2D eigenvalue weighted by Crippen LogP contribution is -2.36. The quantitative estimate of drug-likeness (QED) is 0.889. The normalized spacial score (nSPS) is 20.7. The number of hydrogen-bond donors (Lipinski definition) is 2. The fraction of sp³-hybridized carbons (Fsp3) is 0.429. The molecule has 1 aliphatic heterocycles. The molecule has 1 aliphatic rings. The van der Waals surface area contributed by atoms with Gasteiger partial charge in [-0.2, -0.15) is 5.10 Å². The van der Waals surface area contributed by atoms with Crippen molar-refractivity contribution in [3.63, 3.8) is 0 Å². The van der Waals surface area contributed by atoms with Crippen molar-refractivity contribution in [2.75, 3.05) is 0 Å². The molecule has 0 spiro atoms. The Bertz CT molecular complexity index is 485. The van der Waals surface area contributed by atoms with Crippen molar-refractivity contribution in [2.24, 2.45) is 11.0 Å². The van der Waals surface area contributed by atoms with Crippen molar-refractivity contribution in [1.82, 2.24) is 5.43 Å². The molecule has 4 nitrogen and oxygen atoms in total. The maximum Gasteiger partial charge on any atom is 0.243 e. The molecule has 1 aromatic rings. The van der Waals surface area contributed by atoms with E-state index in [1.807, 2.05) is 19.1 Å². The molecule has 2 N–H and O–H groups in total. The van der Waals surface area contributed by atoms with Gasteiger partial charge in [-0.1, -0.05) is 30.7 Å². The van der Waals surface area contributed by atoms with Crippen LogP contribution in [0, 0.1) is 5.92 Å². The minimum atomic E-state index is -0.444. The Kier molecular flexibility index (Phi) is 4.56. The van der Waals surface area contributed by atoms with Crippen molar-refractivity contribution in [1.29, 1.82) is 0 Å². The van der Waals surface area contributed by atoms with E-state index in [0.29, 0.717) is 24.3 Å². The first-order valence-electron chi connectivity index (χ1n) is 6.40. The van der Waals surface area contributed by atoms with Crippen LogP contribution in [-0.2, 0) is 4.79 Å². The lowest BCUT2D eigenvalue weighted by molar-refractivity contribution is -0.126. The standard InChI is InChI=1S/C14H17ClN2O2/c1-2-12(18)7-10-8-13(16-17-14(10)19)9-3-5-11(15)6-4-9/h3-6,10,12,18H,2,7-8H2,1H3,(H,17,19). The molecule has 2 rings (SSSR count). The first-order valence-corrected chi connectivity index (χ1v) is 6.78. The van der Waals surface area contributed by atoms with Gasteiger partial charge in [-0.3, -0.25) is 4.79 Å². The van der Waals surface area contributed by atoms with E-state index in [9.17, 15) is 9.90 Å². The average molecular weight is 281 g/mol. The average Bonchev–Trinajstić information content (AvgIpc) is 2.42. The van der Waals surface area contributed by atoms with Gasteiger partial charge in [-0.25, -0.2) is 5.43 Å². The Morgan fingerprint density at radius 2 is 2.16 bits per heavy atom. The smallest absolute Gasteiger partial charge is 0.243 e. The zero-order valence-electron chi connectivity index (χ0n) is 10.8. The molecule has 0 saturated carbocycles. The zero-order valence-corrected chi connectivity index (χ0v) is 11.5. The van der Waals surface area contributed by atoms with Gasteiger partial charge >= 0.3 is 0 Å². The molecule has 5 heteroatoms. The van der Waals surface area contributed by atoms with Crippen LogP contribution in [0.15, 0.2) is 29.4 Å². The topological polar surface area (TPSA) is 61.7 Å². The van der Waals surface area contributed by atoms with E-state index >= 15 is 0 Å². The third kappa shape index (κ3) is 3.55. The number of carbonyl (C=O) groups excluding carboxylic acids is 1. The number of benzene rings is 1. The molecule has 1 amide bonds. The number of nitrogens with zero attached hydrogens (tertiary/aromatic N) is 1. The second-order valence-electron chi connectivity index (χ2n) is 4.74. The maximum absolute atomic E-state index is 11.7. The van der Waals surface area contributed by atoms with E-state index in [-0.39, 0.29) is 11.8 Å². The van der Waals surface area contributed by atoms with E-state index < -0.39 is 6.10 Å². The molecule has 1 aromatic carbocycles. The third-order valence-electron chi connectivity index (χ3n) is 3.32. The number of aliphatic hydroxyl groups excluding tert-OH is 1. The summed E-state index contributed by atoms with van der Waals surface area (Å²) in [6, 6.07) is 7.36. The summed E-state index contributed by atoms with van der Waals surface area (Å²) in [5, 5.41) is 14.4. The molecule has 0 bridgehead atoms. The van der Waals surface area contributed by atoms with Gasteiger partial charge in [0, 0.05) is 17.4 Å². The number of hydrazone groups is 1. The minimum absolute atomic E-state index is 0.120. The SMILES string of the molecule is CCC(O)CC1CC(c2ccc(Cl)cc2)=NNC1=O. The molecule has 2 atom stereocenters. The summed E-state index contributed by atoms with van der Waals surface area (Å²) in [6.07, 6.45) is 1.22.